The molecule has 0 spiro atoms. The zero-order chi connectivity index (χ0) is 21.8. The summed E-state index contributed by atoms with van der Waals surface area (Å²) in [4.78, 5) is 23.6. The molecule has 0 aliphatic heterocycles. The summed E-state index contributed by atoms with van der Waals surface area (Å²) in [6, 6.07) is 15.1. The summed E-state index contributed by atoms with van der Waals surface area (Å²) < 4.78 is 0. The van der Waals surface area contributed by atoms with Crippen LogP contribution in [0.2, 0.25) is 10.0 Å². The zero-order valence-electron chi connectivity index (χ0n) is 16.3. The molecule has 0 aromatic heterocycles. The predicted molar refractivity (Wildman–Crippen MR) is 121 cm³/mol. The van der Waals surface area contributed by atoms with E-state index in [-0.39, 0.29) is 11.3 Å². The minimum atomic E-state index is -0.523. The van der Waals surface area contributed by atoms with Crippen LogP contribution >= 0.6 is 23.2 Å². The fourth-order valence-corrected chi connectivity index (χ4v) is 3.29. The van der Waals surface area contributed by atoms with Gasteiger partial charge in [0.05, 0.1) is 15.0 Å². The van der Waals surface area contributed by atoms with Gasteiger partial charge in [-0.05, 0) is 55.3 Å². The van der Waals surface area contributed by atoms with Crippen LogP contribution in [0.25, 0.3) is 0 Å². The van der Waals surface area contributed by atoms with Crippen molar-refractivity contribution in [3.63, 3.8) is 0 Å². The highest BCUT2D eigenvalue weighted by atomic mass is 35.5. The molecule has 1 amide bonds. The number of halogens is 2. The van der Waals surface area contributed by atoms with Crippen molar-refractivity contribution in [1.82, 2.24) is 0 Å². The molecule has 3 aromatic rings. The minimum absolute atomic E-state index is 0.191. The van der Waals surface area contributed by atoms with E-state index < -0.39 is 10.8 Å². The van der Waals surface area contributed by atoms with Gasteiger partial charge in [-0.3, -0.25) is 14.9 Å². The second-order valence-corrected chi connectivity index (χ2v) is 7.68. The molecule has 0 atom stereocenters. The Morgan fingerprint density at radius 2 is 1.70 bits per heavy atom. The first-order chi connectivity index (χ1) is 14.2. The van der Waals surface area contributed by atoms with Crippen molar-refractivity contribution in [3.05, 3.63) is 97.0 Å². The lowest BCUT2D eigenvalue weighted by Gasteiger charge is -2.11. The third-order valence-corrected chi connectivity index (χ3v) is 5.29. The lowest BCUT2D eigenvalue weighted by Crippen LogP contribution is -2.13. The molecule has 2 N–H and O–H groups in total. The quantitative estimate of drug-likeness (QED) is 0.341. The molecule has 3 rings (SSSR count). The van der Waals surface area contributed by atoms with Crippen molar-refractivity contribution in [1.29, 1.82) is 0 Å². The Morgan fingerprint density at radius 3 is 2.37 bits per heavy atom. The zero-order valence-corrected chi connectivity index (χ0v) is 17.8. The number of rotatable bonds is 6. The highest BCUT2D eigenvalue weighted by molar-refractivity contribution is 6.42. The van der Waals surface area contributed by atoms with Crippen LogP contribution in [-0.4, -0.2) is 10.8 Å². The van der Waals surface area contributed by atoms with Gasteiger partial charge >= 0.3 is 0 Å². The van der Waals surface area contributed by atoms with Crippen molar-refractivity contribution in [3.8, 4) is 0 Å². The Balaban J connectivity index is 1.79. The van der Waals surface area contributed by atoms with Crippen molar-refractivity contribution >= 4 is 46.2 Å². The number of carbonyl (C=O) groups is 1. The molecule has 8 heteroatoms. The van der Waals surface area contributed by atoms with E-state index in [0.29, 0.717) is 28.0 Å². The van der Waals surface area contributed by atoms with E-state index in [2.05, 4.69) is 10.6 Å². The van der Waals surface area contributed by atoms with Gasteiger partial charge in [0.25, 0.3) is 11.6 Å². The lowest BCUT2D eigenvalue weighted by molar-refractivity contribution is -0.384. The van der Waals surface area contributed by atoms with Crippen LogP contribution in [0.5, 0.6) is 0 Å². The number of nitro benzene ring substituents is 1. The smallest absolute Gasteiger partial charge is 0.293 e. The second kappa shape index (κ2) is 9.15. The number of nitro groups is 1. The average Bonchev–Trinajstić information content (AvgIpc) is 2.70. The lowest BCUT2D eigenvalue weighted by atomic mass is 10.1. The number of nitrogens with zero attached hydrogens (tertiary/aromatic N) is 1. The summed E-state index contributed by atoms with van der Waals surface area (Å²) in [5, 5.41) is 18.2. The number of hydrogen-bond acceptors (Lipinski definition) is 4. The van der Waals surface area contributed by atoms with Crippen LogP contribution in [0.3, 0.4) is 0 Å². The standard InChI is InChI=1S/C22H19Cl2N3O3/c1-13-3-7-19(14(2)9-13)26-22(28)16-5-8-20(21(11-16)27(29)30)25-12-15-4-6-17(23)18(24)10-15/h3-11,25H,12H2,1-2H3,(H,26,28). The first-order valence-corrected chi connectivity index (χ1v) is 9.85. The van der Waals surface area contributed by atoms with E-state index in [1.165, 1.54) is 12.1 Å². The van der Waals surface area contributed by atoms with Crippen LogP contribution in [0, 0.1) is 24.0 Å². The van der Waals surface area contributed by atoms with Crippen LogP contribution in [0.4, 0.5) is 17.1 Å². The third kappa shape index (κ3) is 5.09. The number of nitrogens with one attached hydrogen (secondary N) is 2. The Labute approximate surface area is 184 Å². The second-order valence-electron chi connectivity index (χ2n) is 6.86. The van der Waals surface area contributed by atoms with Gasteiger partial charge in [-0.15, -0.1) is 0 Å². The summed E-state index contributed by atoms with van der Waals surface area (Å²) >= 11 is 11.9. The summed E-state index contributed by atoms with van der Waals surface area (Å²) in [5.41, 5.74) is 3.78. The fraction of sp³-hybridized carbons (Fsp3) is 0.136. The molecule has 0 radical (unpaired) electrons. The van der Waals surface area contributed by atoms with E-state index >= 15 is 0 Å². The average molecular weight is 444 g/mol. The maximum atomic E-state index is 12.6. The van der Waals surface area contributed by atoms with Gasteiger partial charge in [0.2, 0.25) is 0 Å². The van der Waals surface area contributed by atoms with Gasteiger partial charge in [-0.1, -0.05) is 47.0 Å². The first kappa shape index (κ1) is 21.6. The molecule has 30 heavy (non-hydrogen) atoms. The van der Waals surface area contributed by atoms with Crippen LogP contribution in [0.15, 0.2) is 54.6 Å². The van der Waals surface area contributed by atoms with Gasteiger partial charge in [-0.25, -0.2) is 0 Å². The summed E-state index contributed by atoms with van der Waals surface area (Å²) in [6.45, 7) is 4.17. The third-order valence-electron chi connectivity index (χ3n) is 4.55. The normalized spacial score (nSPS) is 10.5. The molecule has 0 fully saturated rings. The maximum Gasteiger partial charge on any atom is 0.293 e. The van der Waals surface area contributed by atoms with Crippen molar-refractivity contribution in [2.75, 3.05) is 10.6 Å². The largest absolute Gasteiger partial charge is 0.375 e. The molecule has 0 bridgehead atoms. The Hall–Kier alpha value is -3.09. The number of aryl methyl sites for hydroxylation is 2. The molecular formula is C22H19Cl2N3O3. The predicted octanol–water partition coefficient (Wildman–Crippen LogP) is 6.38. The van der Waals surface area contributed by atoms with Crippen LogP contribution in [-0.2, 0) is 6.54 Å². The number of carbonyl (C=O) groups excluding carboxylic acids is 1. The Kier molecular flexibility index (Phi) is 6.59. The summed E-state index contributed by atoms with van der Waals surface area (Å²) in [5.74, 6) is -0.416. The maximum absolute atomic E-state index is 12.6. The molecule has 0 heterocycles. The van der Waals surface area contributed by atoms with Crippen LogP contribution in [0.1, 0.15) is 27.0 Å². The van der Waals surface area contributed by atoms with E-state index in [1.54, 1.807) is 24.3 Å². The molecular weight excluding hydrogens is 425 g/mol. The van der Waals surface area contributed by atoms with Gasteiger partial charge in [-0.2, -0.15) is 0 Å². The molecule has 154 valence electrons. The highest BCUT2D eigenvalue weighted by Crippen LogP contribution is 2.28. The molecule has 0 aliphatic rings. The van der Waals surface area contributed by atoms with Gasteiger partial charge in [0.1, 0.15) is 5.69 Å². The fourth-order valence-electron chi connectivity index (χ4n) is 2.97. The summed E-state index contributed by atoms with van der Waals surface area (Å²) in [6.07, 6.45) is 0. The van der Waals surface area contributed by atoms with E-state index in [9.17, 15) is 14.9 Å². The molecule has 3 aromatic carbocycles. The monoisotopic (exact) mass is 443 g/mol. The van der Waals surface area contributed by atoms with Crippen LogP contribution < -0.4 is 10.6 Å². The van der Waals surface area contributed by atoms with E-state index in [1.807, 2.05) is 32.0 Å². The van der Waals surface area contributed by atoms with E-state index in [4.69, 9.17) is 23.2 Å². The van der Waals surface area contributed by atoms with Crippen molar-refractivity contribution in [2.45, 2.75) is 20.4 Å². The number of amides is 1. The van der Waals surface area contributed by atoms with E-state index in [0.717, 1.165) is 16.7 Å². The Morgan fingerprint density at radius 1 is 0.967 bits per heavy atom. The number of benzene rings is 3. The molecule has 0 unspecified atom stereocenters. The van der Waals surface area contributed by atoms with Crippen molar-refractivity contribution in [2.24, 2.45) is 0 Å². The Bertz CT molecular complexity index is 1130. The molecule has 0 saturated heterocycles. The van der Waals surface area contributed by atoms with Gasteiger partial charge in [0.15, 0.2) is 0 Å². The molecule has 0 saturated carbocycles. The van der Waals surface area contributed by atoms with Gasteiger partial charge in [0, 0.05) is 23.9 Å². The number of hydrogen-bond donors (Lipinski definition) is 2. The minimum Gasteiger partial charge on any atom is -0.375 e. The molecule has 6 nitrogen and oxygen atoms in total. The summed E-state index contributed by atoms with van der Waals surface area (Å²) in [7, 11) is 0. The topological polar surface area (TPSA) is 84.3 Å². The SMILES string of the molecule is Cc1ccc(NC(=O)c2ccc(NCc3ccc(Cl)c(Cl)c3)c([N+](=O)[O-])c2)c(C)c1. The van der Waals surface area contributed by atoms with Gasteiger partial charge < -0.3 is 10.6 Å². The number of anilines is 2. The first-order valence-electron chi connectivity index (χ1n) is 9.09. The van der Waals surface area contributed by atoms with Crippen molar-refractivity contribution < 1.29 is 9.72 Å². The highest BCUT2D eigenvalue weighted by Gasteiger charge is 2.18. The molecule has 0 aliphatic carbocycles.